The molecule has 2 aromatic heterocycles. The Hall–Kier alpha value is -4.02. The molecule has 0 saturated carbocycles. The van der Waals surface area contributed by atoms with Gasteiger partial charge in [0.25, 0.3) is 0 Å². The smallest absolute Gasteiger partial charge is 0.186 e. The second-order valence-corrected chi connectivity index (χ2v) is 14.8. The molecule has 0 aliphatic rings. The van der Waals surface area contributed by atoms with Crippen LogP contribution in [0.15, 0.2) is 157 Å². The number of hydrogen-bond acceptors (Lipinski definition) is 3. The first kappa shape index (κ1) is 30.0. The number of benzene rings is 5. The average Bonchev–Trinajstić information content (AvgIpc) is 3.46. The van der Waals surface area contributed by atoms with Crippen molar-refractivity contribution >= 4 is 56.9 Å². The first-order valence-corrected chi connectivity index (χ1v) is 17.2. The second kappa shape index (κ2) is 12.9. The molecule has 7 rings (SSSR count). The third kappa shape index (κ3) is 5.09. The van der Waals surface area contributed by atoms with Crippen LogP contribution < -0.4 is 38.2 Å². The quantitative estimate of drug-likeness (QED) is 0.101. The molecule has 216 valence electrons. The van der Waals surface area contributed by atoms with Crippen LogP contribution in [0.3, 0.4) is 0 Å². The summed E-state index contributed by atoms with van der Waals surface area (Å²) >= 11 is 1.74. The summed E-state index contributed by atoms with van der Waals surface area (Å²) in [4.78, 5) is 11.0. The van der Waals surface area contributed by atoms with E-state index in [4.69, 9.17) is 9.97 Å². The maximum atomic E-state index is 5.57. The molecule has 44 heavy (non-hydrogen) atoms. The van der Waals surface area contributed by atoms with Gasteiger partial charge in [0.2, 0.25) is 0 Å². The van der Waals surface area contributed by atoms with Gasteiger partial charge in [-0.15, -0.1) is 6.58 Å². The lowest BCUT2D eigenvalue weighted by molar-refractivity contribution is -0.00000840. The van der Waals surface area contributed by atoms with E-state index < -0.39 is 7.26 Å². The molecule has 0 amide bonds. The Morgan fingerprint density at radius 3 is 1.75 bits per heavy atom. The van der Waals surface area contributed by atoms with Gasteiger partial charge in [0.15, 0.2) is 18.2 Å². The van der Waals surface area contributed by atoms with Gasteiger partial charge in [0.05, 0.1) is 11.0 Å². The molecule has 7 aromatic rings. The fourth-order valence-electron chi connectivity index (χ4n) is 5.91. The van der Waals surface area contributed by atoms with Gasteiger partial charge < -0.3 is 17.0 Å². The fourth-order valence-corrected chi connectivity index (χ4v) is 11.5. The summed E-state index contributed by atoms with van der Waals surface area (Å²) in [5.41, 5.74) is 5.24. The molecular weight excluding hydrogens is 641 g/mol. The molecule has 0 aliphatic heterocycles. The van der Waals surface area contributed by atoms with Crippen LogP contribution >= 0.6 is 19.0 Å². The van der Waals surface area contributed by atoms with E-state index in [1.807, 2.05) is 6.08 Å². The van der Waals surface area contributed by atoms with Crippen LogP contribution in [0.1, 0.15) is 5.56 Å². The molecule has 5 aromatic carbocycles. The van der Waals surface area contributed by atoms with Gasteiger partial charge in [-0.2, -0.15) is 0 Å². The summed E-state index contributed by atoms with van der Waals surface area (Å²) in [6.07, 6.45) is 1.96. The highest BCUT2D eigenvalue weighted by Gasteiger charge is 2.52. The van der Waals surface area contributed by atoms with Crippen molar-refractivity contribution in [3.63, 3.8) is 0 Å². The maximum Gasteiger partial charge on any atom is 0.186 e. The number of thioether (sulfide) groups is 1. The normalized spacial score (nSPS) is 11.4. The van der Waals surface area contributed by atoms with Crippen LogP contribution in [0.25, 0.3) is 28.1 Å². The lowest BCUT2D eigenvalue weighted by Gasteiger charge is -2.29. The second-order valence-electron chi connectivity index (χ2n) is 10.5. The molecule has 3 nitrogen and oxygen atoms in total. The number of fused-ring (bicyclic) bond motifs is 3. The molecule has 0 bridgehead atoms. The summed E-state index contributed by atoms with van der Waals surface area (Å²) in [7, 11) is -2.50. The molecule has 0 aliphatic carbocycles. The summed E-state index contributed by atoms with van der Waals surface area (Å²) in [6, 6.07) is 49.9. The van der Waals surface area contributed by atoms with Crippen LogP contribution in [-0.2, 0) is 0 Å². The van der Waals surface area contributed by atoms with Gasteiger partial charge in [-0.05, 0) is 55.5 Å². The molecule has 0 saturated heterocycles. The Kier molecular flexibility index (Phi) is 8.81. The molecular formula is C38H31BrN3PS. The van der Waals surface area contributed by atoms with Crippen molar-refractivity contribution < 1.29 is 17.0 Å². The largest absolute Gasteiger partial charge is 1.00 e. The summed E-state index contributed by atoms with van der Waals surface area (Å²) in [5.74, 6) is 1.63. The minimum Gasteiger partial charge on any atom is -1.00 e. The molecule has 2 heterocycles. The van der Waals surface area contributed by atoms with Crippen molar-refractivity contribution in [3.05, 3.63) is 158 Å². The molecule has 0 N–H and O–H groups in total. The van der Waals surface area contributed by atoms with Crippen LogP contribution in [0.5, 0.6) is 0 Å². The highest BCUT2D eigenvalue weighted by molar-refractivity contribution is 8.04. The minimum atomic E-state index is -2.50. The van der Waals surface area contributed by atoms with Crippen molar-refractivity contribution in [2.45, 2.75) is 11.9 Å². The monoisotopic (exact) mass is 671 g/mol. The number of halogens is 1. The molecule has 0 fully saturated rings. The van der Waals surface area contributed by atoms with E-state index in [-0.39, 0.29) is 17.0 Å². The Morgan fingerprint density at radius 1 is 0.682 bits per heavy atom. The Labute approximate surface area is 273 Å². The number of rotatable bonds is 8. The van der Waals surface area contributed by atoms with E-state index in [1.54, 1.807) is 11.8 Å². The third-order valence-corrected chi connectivity index (χ3v) is 13.2. The predicted molar refractivity (Wildman–Crippen MR) is 186 cm³/mol. The highest BCUT2D eigenvalue weighted by Crippen LogP contribution is 2.57. The lowest BCUT2D eigenvalue weighted by Crippen LogP contribution is -3.00. The van der Waals surface area contributed by atoms with Gasteiger partial charge in [-0.25, -0.2) is 9.97 Å². The van der Waals surface area contributed by atoms with E-state index in [2.05, 4.69) is 157 Å². The van der Waals surface area contributed by atoms with E-state index in [0.717, 1.165) is 38.8 Å². The molecule has 6 heteroatoms. The van der Waals surface area contributed by atoms with Gasteiger partial charge >= 0.3 is 0 Å². The maximum absolute atomic E-state index is 5.57. The molecule has 0 atom stereocenters. The van der Waals surface area contributed by atoms with Crippen molar-refractivity contribution in [2.75, 3.05) is 5.75 Å². The van der Waals surface area contributed by atoms with E-state index >= 15 is 0 Å². The zero-order valence-corrected chi connectivity index (χ0v) is 27.6. The molecule has 0 spiro atoms. The number of hydrogen-bond donors (Lipinski definition) is 0. The number of imidazole rings is 1. The Morgan fingerprint density at radius 2 is 1.20 bits per heavy atom. The number of aryl methyl sites for hydroxylation is 1. The number of nitrogens with zero attached hydrogens (tertiary/aromatic N) is 3. The SMILES string of the molecule is C=CCSc1nc(-c2ccc(C)cc2)n2c(nc3ccccc32)c1[P+](c1ccccc1)(c1ccccc1)c1ccccc1.[Br-]. The van der Waals surface area contributed by atoms with Gasteiger partial charge in [-0.3, -0.25) is 4.40 Å². The Bertz CT molecular complexity index is 1950. The first-order valence-electron chi connectivity index (χ1n) is 14.4. The summed E-state index contributed by atoms with van der Waals surface area (Å²) in [6.45, 7) is 6.19. The fraction of sp³-hybridized carbons (Fsp3) is 0.0526. The Balaban J connectivity index is 0.00000343. The third-order valence-electron chi connectivity index (χ3n) is 7.81. The van der Waals surface area contributed by atoms with Gasteiger partial charge in [-0.1, -0.05) is 114 Å². The standard InChI is InChI=1S/C38H31N3PS.BrH/c1-3-27-43-38-35(37-39-33-21-13-14-22-34(33)41(37)36(40-38)29-25-23-28(2)24-26-29)42(30-15-7-4-8-16-30,31-17-9-5-10-18-31)32-19-11-6-12-20-32;/h3-26H,1,27H2,2H3;1H/q+1;/p-1. The first-order chi connectivity index (χ1) is 21.2. The van der Waals surface area contributed by atoms with Crippen LogP contribution in [0.4, 0.5) is 0 Å². The molecule has 0 unspecified atom stereocenters. The predicted octanol–water partition coefficient (Wildman–Crippen LogP) is 4.76. The van der Waals surface area contributed by atoms with Crippen LogP contribution in [-0.4, -0.2) is 20.1 Å². The van der Waals surface area contributed by atoms with Gasteiger partial charge in [0.1, 0.15) is 26.8 Å². The van der Waals surface area contributed by atoms with Crippen molar-refractivity contribution in [1.29, 1.82) is 0 Å². The lowest BCUT2D eigenvalue weighted by atomic mass is 10.1. The van der Waals surface area contributed by atoms with Crippen molar-refractivity contribution in [1.82, 2.24) is 14.4 Å². The van der Waals surface area contributed by atoms with Gasteiger partial charge in [0, 0.05) is 11.3 Å². The zero-order chi connectivity index (χ0) is 29.2. The van der Waals surface area contributed by atoms with Crippen molar-refractivity contribution in [2.24, 2.45) is 0 Å². The van der Waals surface area contributed by atoms with E-state index in [1.165, 1.54) is 26.8 Å². The average molecular weight is 673 g/mol. The van der Waals surface area contributed by atoms with Crippen LogP contribution in [0.2, 0.25) is 0 Å². The van der Waals surface area contributed by atoms with Crippen LogP contribution in [0, 0.1) is 6.92 Å². The number of para-hydroxylation sites is 2. The zero-order valence-electron chi connectivity index (χ0n) is 24.3. The summed E-state index contributed by atoms with van der Waals surface area (Å²) in [5, 5.41) is 5.98. The van der Waals surface area contributed by atoms with E-state index in [9.17, 15) is 0 Å². The minimum absolute atomic E-state index is 0. The topological polar surface area (TPSA) is 30.2 Å². The summed E-state index contributed by atoms with van der Waals surface area (Å²) < 4.78 is 2.29. The van der Waals surface area contributed by atoms with E-state index in [0.29, 0.717) is 0 Å². The number of aromatic nitrogens is 3. The molecule has 0 radical (unpaired) electrons. The highest BCUT2D eigenvalue weighted by atomic mass is 79.9. The van der Waals surface area contributed by atoms with Crippen molar-refractivity contribution in [3.8, 4) is 11.4 Å².